The van der Waals surface area contributed by atoms with Crippen LogP contribution in [0.15, 0.2) is 12.1 Å². The van der Waals surface area contributed by atoms with Gasteiger partial charge in [-0.05, 0) is 37.0 Å². The molecule has 0 fully saturated rings. The number of carbonyl (C=O) groups excluding carboxylic acids is 1. The van der Waals surface area contributed by atoms with Crippen LogP contribution in [0.2, 0.25) is 0 Å². The molecule has 0 heterocycles. The van der Waals surface area contributed by atoms with Gasteiger partial charge in [0.25, 0.3) is 0 Å². The van der Waals surface area contributed by atoms with E-state index >= 15 is 0 Å². The van der Waals surface area contributed by atoms with Crippen molar-refractivity contribution in [2.45, 2.75) is 46.2 Å². The van der Waals surface area contributed by atoms with Crippen molar-refractivity contribution in [1.29, 1.82) is 0 Å². The lowest BCUT2D eigenvalue weighted by Crippen LogP contribution is -2.40. The lowest BCUT2D eigenvalue weighted by molar-refractivity contribution is -0.122. The van der Waals surface area contributed by atoms with E-state index in [0.717, 1.165) is 12.0 Å². The van der Waals surface area contributed by atoms with Gasteiger partial charge in [0.2, 0.25) is 5.91 Å². The molecule has 3 nitrogen and oxygen atoms in total. The standard InChI is InChI=1S/C14H21FN2O/c1-4-5-12(16)14(18)17-8-11-6-9(2)13(15)10(3)7-11/h6-7,12H,4-5,8,16H2,1-3H3,(H,17,18)/t12-/m1/s1. The lowest BCUT2D eigenvalue weighted by atomic mass is 10.1. The summed E-state index contributed by atoms with van der Waals surface area (Å²) in [5, 5.41) is 2.77. The van der Waals surface area contributed by atoms with Crippen molar-refractivity contribution < 1.29 is 9.18 Å². The third-order valence-corrected chi connectivity index (χ3v) is 2.90. The van der Waals surface area contributed by atoms with E-state index in [-0.39, 0.29) is 11.7 Å². The Labute approximate surface area is 108 Å². The maximum Gasteiger partial charge on any atom is 0.237 e. The van der Waals surface area contributed by atoms with Gasteiger partial charge in [0.15, 0.2) is 0 Å². The van der Waals surface area contributed by atoms with Crippen LogP contribution in [0.1, 0.15) is 36.5 Å². The minimum absolute atomic E-state index is 0.156. The Morgan fingerprint density at radius 2 is 1.94 bits per heavy atom. The van der Waals surface area contributed by atoms with Crippen molar-refractivity contribution in [3.63, 3.8) is 0 Å². The topological polar surface area (TPSA) is 55.1 Å². The molecule has 1 atom stereocenters. The number of nitrogens with two attached hydrogens (primary N) is 1. The van der Waals surface area contributed by atoms with E-state index in [1.165, 1.54) is 0 Å². The summed E-state index contributed by atoms with van der Waals surface area (Å²) in [5.41, 5.74) is 7.78. The fourth-order valence-corrected chi connectivity index (χ4v) is 1.90. The summed E-state index contributed by atoms with van der Waals surface area (Å²) in [5.74, 6) is -0.343. The van der Waals surface area contributed by atoms with Gasteiger partial charge in [-0.25, -0.2) is 4.39 Å². The Kier molecular flexibility index (Phi) is 5.28. The molecule has 0 unspecified atom stereocenters. The van der Waals surface area contributed by atoms with Gasteiger partial charge < -0.3 is 11.1 Å². The summed E-state index contributed by atoms with van der Waals surface area (Å²) in [6.45, 7) is 5.81. The molecule has 0 saturated carbocycles. The van der Waals surface area contributed by atoms with Gasteiger partial charge in [-0.3, -0.25) is 4.79 Å². The van der Waals surface area contributed by atoms with E-state index in [4.69, 9.17) is 5.73 Å². The highest BCUT2D eigenvalue weighted by atomic mass is 19.1. The highest BCUT2D eigenvalue weighted by Gasteiger charge is 2.12. The monoisotopic (exact) mass is 252 g/mol. The molecule has 18 heavy (non-hydrogen) atoms. The van der Waals surface area contributed by atoms with Gasteiger partial charge in [0, 0.05) is 6.54 Å². The van der Waals surface area contributed by atoms with Crippen LogP contribution < -0.4 is 11.1 Å². The smallest absolute Gasteiger partial charge is 0.237 e. The molecule has 1 aromatic rings. The molecule has 100 valence electrons. The van der Waals surface area contributed by atoms with Crippen molar-refractivity contribution in [3.8, 4) is 0 Å². The molecule has 0 bridgehead atoms. The SMILES string of the molecule is CCC[C@@H](N)C(=O)NCc1cc(C)c(F)c(C)c1. The quantitative estimate of drug-likeness (QED) is 0.844. The van der Waals surface area contributed by atoms with E-state index in [1.807, 2.05) is 6.92 Å². The van der Waals surface area contributed by atoms with E-state index in [2.05, 4.69) is 5.32 Å². The lowest BCUT2D eigenvalue weighted by Gasteiger charge is -2.12. The fraction of sp³-hybridized carbons (Fsp3) is 0.500. The van der Waals surface area contributed by atoms with Crippen LogP contribution in [-0.2, 0) is 11.3 Å². The van der Waals surface area contributed by atoms with Gasteiger partial charge >= 0.3 is 0 Å². The molecule has 0 aromatic heterocycles. The highest BCUT2D eigenvalue weighted by Crippen LogP contribution is 2.14. The van der Waals surface area contributed by atoms with Crippen LogP contribution in [0.5, 0.6) is 0 Å². The largest absolute Gasteiger partial charge is 0.351 e. The van der Waals surface area contributed by atoms with Crippen LogP contribution in [0.4, 0.5) is 4.39 Å². The van der Waals surface area contributed by atoms with Crippen LogP contribution in [0.3, 0.4) is 0 Å². The van der Waals surface area contributed by atoms with Gasteiger partial charge in [0.1, 0.15) is 5.82 Å². The van der Waals surface area contributed by atoms with Crippen molar-refractivity contribution >= 4 is 5.91 Å². The molecule has 0 saturated heterocycles. The van der Waals surface area contributed by atoms with Crippen LogP contribution >= 0.6 is 0 Å². The average molecular weight is 252 g/mol. The minimum Gasteiger partial charge on any atom is -0.351 e. The first-order chi connectivity index (χ1) is 8.45. The summed E-state index contributed by atoms with van der Waals surface area (Å²) in [6, 6.07) is 3.03. The zero-order valence-corrected chi connectivity index (χ0v) is 11.2. The van der Waals surface area contributed by atoms with Gasteiger partial charge in [-0.15, -0.1) is 0 Å². The van der Waals surface area contributed by atoms with Gasteiger partial charge in [0.05, 0.1) is 6.04 Å². The number of carbonyl (C=O) groups is 1. The van der Waals surface area contributed by atoms with Crippen molar-refractivity contribution in [2.75, 3.05) is 0 Å². The predicted molar refractivity (Wildman–Crippen MR) is 70.6 cm³/mol. The van der Waals surface area contributed by atoms with E-state index in [0.29, 0.717) is 24.1 Å². The second kappa shape index (κ2) is 6.50. The number of benzene rings is 1. The van der Waals surface area contributed by atoms with Gasteiger partial charge in [-0.2, -0.15) is 0 Å². The molecule has 4 heteroatoms. The number of nitrogens with one attached hydrogen (secondary N) is 1. The first-order valence-corrected chi connectivity index (χ1v) is 6.24. The number of hydrogen-bond acceptors (Lipinski definition) is 2. The summed E-state index contributed by atoms with van der Waals surface area (Å²) in [6.07, 6.45) is 1.55. The van der Waals surface area contributed by atoms with Crippen molar-refractivity contribution in [3.05, 3.63) is 34.6 Å². The summed E-state index contributed by atoms with van der Waals surface area (Å²) in [4.78, 5) is 11.6. The fourth-order valence-electron chi connectivity index (χ4n) is 1.90. The molecular formula is C14H21FN2O. The average Bonchev–Trinajstić information content (AvgIpc) is 2.33. The Hall–Kier alpha value is -1.42. The molecule has 1 aromatic carbocycles. The Morgan fingerprint density at radius 1 is 1.39 bits per heavy atom. The first kappa shape index (κ1) is 14.6. The van der Waals surface area contributed by atoms with Crippen LogP contribution in [0, 0.1) is 19.7 Å². The number of halogens is 1. The Balaban J connectivity index is 2.61. The number of hydrogen-bond donors (Lipinski definition) is 2. The zero-order valence-electron chi connectivity index (χ0n) is 11.2. The molecule has 0 spiro atoms. The van der Waals surface area contributed by atoms with E-state index < -0.39 is 6.04 Å². The predicted octanol–water partition coefficient (Wildman–Crippen LogP) is 2.19. The molecular weight excluding hydrogens is 231 g/mol. The maximum atomic E-state index is 13.4. The van der Waals surface area contributed by atoms with Crippen molar-refractivity contribution in [1.82, 2.24) is 5.32 Å². The molecule has 3 N–H and O–H groups in total. The number of aryl methyl sites for hydroxylation is 2. The Morgan fingerprint density at radius 3 is 2.44 bits per heavy atom. The molecule has 1 amide bonds. The Bertz CT molecular complexity index is 409. The summed E-state index contributed by atoms with van der Waals surface area (Å²) in [7, 11) is 0. The van der Waals surface area contributed by atoms with Crippen LogP contribution in [0.25, 0.3) is 0 Å². The molecule has 0 aliphatic heterocycles. The third-order valence-electron chi connectivity index (χ3n) is 2.90. The first-order valence-electron chi connectivity index (χ1n) is 6.24. The van der Waals surface area contributed by atoms with Gasteiger partial charge in [-0.1, -0.05) is 25.5 Å². The zero-order chi connectivity index (χ0) is 13.7. The van der Waals surface area contributed by atoms with Crippen LogP contribution in [-0.4, -0.2) is 11.9 Å². The molecule has 0 aliphatic carbocycles. The maximum absolute atomic E-state index is 13.4. The second-order valence-corrected chi connectivity index (χ2v) is 4.66. The third kappa shape index (κ3) is 3.81. The number of rotatable bonds is 5. The summed E-state index contributed by atoms with van der Waals surface area (Å²) < 4.78 is 13.4. The minimum atomic E-state index is -0.461. The number of amides is 1. The van der Waals surface area contributed by atoms with E-state index in [9.17, 15) is 9.18 Å². The van der Waals surface area contributed by atoms with Crippen molar-refractivity contribution in [2.24, 2.45) is 5.73 Å². The molecule has 0 radical (unpaired) electrons. The molecule has 1 rings (SSSR count). The second-order valence-electron chi connectivity index (χ2n) is 4.66. The molecule has 0 aliphatic rings. The van der Waals surface area contributed by atoms with E-state index in [1.54, 1.807) is 26.0 Å². The summed E-state index contributed by atoms with van der Waals surface area (Å²) >= 11 is 0. The normalized spacial score (nSPS) is 12.3. The highest BCUT2D eigenvalue weighted by molar-refractivity contribution is 5.81.